The lowest BCUT2D eigenvalue weighted by atomic mass is 9.96. The molecule has 6 heteroatoms. The van der Waals surface area contributed by atoms with Crippen molar-refractivity contribution in [1.82, 2.24) is 0 Å². The van der Waals surface area contributed by atoms with Crippen LogP contribution in [-0.4, -0.2) is 18.3 Å². The normalized spacial score (nSPS) is 14.9. The van der Waals surface area contributed by atoms with Crippen LogP contribution >= 0.6 is 0 Å². The number of aliphatic hydroxyl groups excluding tert-OH is 1. The Morgan fingerprint density at radius 1 is 1.35 bits per heavy atom. The maximum absolute atomic E-state index is 12.6. The molecule has 1 rings (SSSR count). The zero-order valence-electron chi connectivity index (χ0n) is 11.6. The van der Waals surface area contributed by atoms with Crippen LogP contribution in [0.25, 0.3) is 0 Å². The zero-order valence-corrected chi connectivity index (χ0v) is 11.6. The van der Waals surface area contributed by atoms with Crippen molar-refractivity contribution in [2.75, 3.05) is 7.11 Å². The third-order valence-electron chi connectivity index (χ3n) is 3.19. The highest BCUT2D eigenvalue weighted by Crippen LogP contribution is 2.35. The van der Waals surface area contributed by atoms with E-state index in [9.17, 15) is 18.3 Å². The molecule has 3 N–H and O–H groups in total. The summed E-state index contributed by atoms with van der Waals surface area (Å²) in [7, 11) is 1.28. The van der Waals surface area contributed by atoms with Gasteiger partial charge in [0, 0.05) is 5.56 Å². The Labute approximate surface area is 116 Å². The number of alkyl halides is 3. The molecule has 0 aromatic heterocycles. The molecule has 0 aliphatic rings. The summed E-state index contributed by atoms with van der Waals surface area (Å²) in [6.45, 7) is 1.98. The third kappa shape index (κ3) is 4.11. The molecule has 2 atom stereocenters. The molecule has 0 fully saturated rings. The van der Waals surface area contributed by atoms with E-state index >= 15 is 0 Å². The highest BCUT2D eigenvalue weighted by Gasteiger charge is 2.32. The molecule has 0 amide bonds. The first-order chi connectivity index (χ1) is 9.31. The summed E-state index contributed by atoms with van der Waals surface area (Å²) in [5, 5.41) is 9.95. The molecule has 0 radical (unpaired) electrons. The summed E-state index contributed by atoms with van der Waals surface area (Å²) in [6.07, 6.45) is -3.02. The van der Waals surface area contributed by atoms with Gasteiger partial charge in [-0.25, -0.2) is 0 Å². The largest absolute Gasteiger partial charge is 0.496 e. The van der Waals surface area contributed by atoms with E-state index in [0.717, 1.165) is 25.0 Å². The first-order valence-corrected chi connectivity index (χ1v) is 6.50. The van der Waals surface area contributed by atoms with Gasteiger partial charge in [0.2, 0.25) is 0 Å². The Bertz CT molecular complexity index is 435. The van der Waals surface area contributed by atoms with Crippen molar-refractivity contribution in [2.24, 2.45) is 5.73 Å². The summed E-state index contributed by atoms with van der Waals surface area (Å²) in [5.74, 6) is 0.0443. The van der Waals surface area contributed by atoms with Crippen LogP contribution in [0.15, 0.2) is 18.2 Å². The van der Waals surface area contributed by atoms with Crippen molar-refractivity contribution in [2.45, 2.75) is 44.5 Å². The molecule has 3 nitrogen and oxygen atoms in total. The molecule has 0 aliphatic heterocycles. The van der Waals surface area contributed by atoms with Gasteiger partial charge in [0.05, 0.1) is 24.8 Å². The lowest BCUT2D eigenvalue weighted by Crippen LogP contribution is -2.26. The van der Waals surface area contributed by atoms with E-state index in [-0.39, 0.29) is 5.75 Å². The number of unbranched alkanes of at least 4 members (excludes halogenated alkanes) is 1. The second-order valence-corrected chi connectivity index (χ2v) is 4.69. The highest BCUT2D eigenvalue weighted by atomic mass is 19.4. The van der Waals surface area contributed by atoms with Gasteiger partial charge in [-0.15, -0.1) is 0 Å². The molecule has 20 heavy (non-hydrogen) atoms. The van der Waals surface area contributed by atoms with E-state index in [1.165, 1.54) is 13.2 Å². The predicted molar refractivity (Wildman–Crippen MR) is 70.5 cm³/mol. The van der Waals surface area contributed by atoms with Gasteiger partial charge in [0.25, 0.3) is 0 Å². The molecule has 0 spiro atoms. The van der Waals surface area contributed by atoms with E-state index in [0.29, 0.717) is 12.0 Å². The second-order valence-electron chi connectivity index (χ2n) is 4.69. The second kappa shape index (κ2) is 6.95. The summed E-state index contributed by atoms with van der Waals surface area (Å²) in [5.41, 5.74) is 5.48. The fraction of sp³-hybridized carbons (Fsp3) is 0.571. The monoisotopic (exact) mass is 291 g/mol. The van der Waals surface area contributed by atoms with Gasteiger partial charge in [-0.2, -0.15) is 13.2 Å². The quantitative estimate of drug-likeness (QED) is 0.845. The topological polar surface area (TPSA) is 55.5 Å². The van der Waals surface area contributed by atoms with E-state index in [1.807, 2.05) is 6.92 Å². The standard InChI is InChI=1S/C14H20F3NO2/c1-3-4-5-11(19)13(18)10-7-6-9(14(15,16)17)8-12(10)20-2/h6-8,11,13,19H,3-5,18H2,1-2H3/t11-,13+/m0/s1. The molecule has 0 unspecified atom stereocenters. The Kier molecular flexibility index (Phi) is 5.83. The van der Waals surface area contributed by atoms with Crippen molar-refractivity contribution < 1.29 is 23.0 Å². The van der Waals surface area contributed by atoms with Crippen LogP contribution < -0.4 is 10.5 Å². The van der Waals surface area contributed by atoms with Gasteiger partial charge < -0.3 is 15.6 Å². The molecule has 1 aromatic rings. The summed E-state index contributed by atoms with van der Waals surface area (Å²) < 4.78 is 42.8. The SMILES string of the molecule is CCCC[C@H](O)[C@H](N)c1ccc(C(F)(F)F)cc1OC. The van der Waals surface area contributed by atoms with Gasteiger partial charge in [0.15, 0.2) is 0 Å². The number of hydrogen-bond acceptors (Lipinski definition) is 3. The van der Waals surface area contributed by atoms with Gasteiger partial charge in [-0.3, -0.25) is 0 Å². The van der Waals surface area contributed by atoms with Crippen LogP contribution in [0.1, 0.15) is 43.4 Å². The molecule has 0 bridgehead atoms. The van der Waals surface area contributed by atoms with Crippen molar-refractivity contribution in [3.63, 3.8) is 0 Å². The smallest absolute Gasteiger partial charge is 0.416 e. The highest BCUT2D eigenvalue weighted by molar-refractivity contribution is 5.41. The first-order valence-electron chi connectivity index (χ1n) is 6.50. The number of aliphatic hydroxyl groups is 1. The van der Waals surface area contributed by atoms with E-state index in [4.69, 9.17) is 10.5 Å². The minimum absolute atomic E-state index is 0.0443. The summed E-state index contributed by atoms with van der Waals surface area (Å²) >= 11 is 0. The Morgan fingerprint density at radius 2 is 2.00 bits per heavy atom. The van der Waals surface area contributed by atoms with Crippen LogP contribution in [0.4, 0.5) is 13.2 Å². The molecular formula is C14H20F3NO2. The average Bonchev–Trinajstić information content (AvgIpc) is 2.42. The minimum atomic E-state index is -4.43. The van der Waals surface area contributed by atoms with Crippen LogP contribution in [0.3, 0.4) is 0 Å². The Morgan fingerprint density at radius 3 is 2.50 bits per heavy atom. The van der Waals surface area contributed by atoms with Gasteiger partial charge in [0.1, 0.15) is 5.75 Å². The number of ether oxygens (including phenoxy) is 1. The number of halogens is 3. The number of benzene rings is 1. The molecule has 114 valence electrons. The number of methoxy groups -OCH3 is 1. The zero-order chi connectivity index (χ0) is 15.3. The molecule has 0 heterocycles. The maximum atomic E-state index is 12.6. The van der Waals surface area contributed by atoms with Crippen LogP contribution in [0.2, 0.25) is 0 Å². The van der Waals surface area contributed by atoms with Crippen molar-refractivity contribution in [3.05, 3.63) is 29.3 Å². The van der Waals surface area contributed by atoms with E-state index < -0.39 is 23.9 Å². The van der Waals surface area contributed by atoms with Gasteiger partial charge in [-0.1, -0.05) is 25.8 Å². The minimum Gasteiger partial charge on any atom is -0.496 e. The van der Waals surface area contributed by atoms with Crippen molar-refractivity contribution in [1.29, 1.82) is 0 Å². The van der Waals surface area contributed by atoms with Crippen LogP contribution in [-0.2, 0) is 6.18 Å². The fourth-order valence-corrected chi connectivity index (χ4v) is 1.96. The van der Waals surface area contributed by atoms with Gasteiger partial charge in [-0.05, 0) is 18.6 Å². The lowest BCUT2D eigenvalue weighted by Gasteiger charge is -2.22. The van der Waals surface area contributed by atoms with Crippen LogP contribution in [0.5, 0.6) is 5.75 Å². The first kappa shape index (κ1) is 16.8. The lowest BCUT2D eigenvalue weighted by molar-refractivity contribution is -0.137. The number of nitrogens with two attached hydrogens (primary N) is 1. The predicted octanol–water partition coefficient (Wildman–Crippen LogP) is 3.26. The van der Waals surface area contributed by atoms with Crippen molar-refractivity contribution >= 4 is 0 Å². The molecule has 0 saturated heterocycles. The van der Waals surface area contributed by atoms with Crippen LogP contribution in [0, 0.1) is 0 Å². The van der Waals surface area contributed by atoms with Gasteiger partial charge >= 0.3 is 6.18 Å². The summed E-state index contributed by atoms with van der Waals surface area (Å²) in [4.78, 5) is 0. The maximum Gasteiger partial charge on any atom is 0.416 e. The average molecular weight is 291 g/mol. The fourth-order valence-electron chi connectivity index (χ4n) is 1.96. The van der Waals surface area contributed by atoms with E-state index in [2.05, 4.69) is 0 Å². The molecule has 1 aromatic carbocycles. The summed E-state index contributed by atoms with van der Waals surface area (Å²) in [6, 6.07) is 2.35. The number of rotatable bonds is 6. The Balaban J connectivity index is 3.00. The molecule has 0 saturated carbocycles. The van der Waals surface area contributed by atoms with Crippen molar-refractivity contribution in [3.8, 4) is 5.75 Å². The third-order valence-corrected chi connectivity index (χ3v) is 3.19. The number of hydrogen-bond donors (Lipinski definition) is 2. The molecule has 0 aliphatic carbocycles. The van der Waals surface area contributed by atoms with E-state index in [1.54, 1.807) is 0 Å². The molecular weight excluding hydrogens is 271 g/mol. The Hall–Kier alpha value is -1.27.